The van der Waals surface area contributed by atoms with Gasteiger partial charge in [-0.3, -0.25) is 0 Å². The van der Waals surface area contributed by atoms with Crippen LogP contribution in [0.1, 0.15) is 38.2 Å². The zero-order valence-corrected chi connectivity index (χ0v) is 10.7. The van der Waals surface area contributed by atoms with E-state index in [0.29, 0.717) is 5.56 Å². The van der Waals surface area contributed by atoms with Gasteiger partial charge in [-0.15, -0.1) is 0 Å². The number of hydrogen-bond acceptors (Lipinski definition) is 3. The highest BCUT2D eigenvalue weighted by atomic mass is 16.5. The van der Waals surface area contributed by atoms with E-state index >= 15 is 0 Å². The van der Waals surface area contributed by atoms with Crippen molar-refractivity contribution in [2.75, 3.05) is 11.9 Å². The van der Waals surface area contributed by atoms with Gasteiger partial charge in [0.05, 0.1) is 0 Å². The Kier molecular flexibility index (Phi) is 2.76. The zero-order valence-electron chi connectivity index (χ0n) is 10.7. The lowest BCUT2D eigenvalue weighted by molar-refractivity contribution is -0.0425. The van der Waals surface area contributed by atoms with Crippen LogP contribution in [0.15, 0.2) is 30.0 Å². The fourth-order valence-corrected chi connectivity index (χ4v) is 2.75. The Labute approximate surface area is 102 Å². The van der Waals surface area contributed by atoms with Crippen LogP contribution in [0.25, 0.3) is 0 Å². The standard InChI is InChI=1S/C14H19NO2/c1-5-12-14(2,3)10-8-9(13(16)17)6-7-11(10)15(12)4/h5-8,13,16-17H,1-4H3/b12-5+. The molecule has 2 rings (SSSR count). The van der Waals surface area contributed by atoms with E-state index in [2.05, 4.69) is 24.8 Å². The Morgan fingerprint density at radius 1 is 1.29 bits per heavy atom. The number of benzene rings is 1. The van der Waals surface area contributed by atoms with Crippen molar-refractivity contribution in [3.63, 3.8) is 0 Å². The van der Waals surface area contributed by atoms with Crippen molar-refractivity contribution >= 4 is 5.69 Å². The molecule has 92 valence electrons. The molecule has 0 saturated heterocycles. The lowest BCUT2D eigenvalue weighted by Crippen LogP contribution is -2.22. The summed E-state index contributed by atoms with van der Waals surface area (Å²) in [4.78, 5) is 2.16. The largest absolute Gasteiger partial charge is 0.364 e. The van der Waals surface area contributed by atoms with Gasteiger partial charge >= 0.3 is 0 Å². The first-order chi connectivity index (χ1) is 7.89. The van der Waals surface area contributed by atoms with E-state index in [0.717, 1.165) is 11.3 Å². The third kappa shape index (κ3) is 1.66. The maximum absolute atomic E-state index is 9.24. The van der Waals surface area contributed by atoms with Gasteiger partial charge in [0.1, 0.15) is 0 Å². The lowest BCUT2D eigenvalue weighted by Gasteiger charge is -2.23. The van der Waals surface area contributed by atoms with Crippen LogP contribution in [0.4, 0.5) is 5.69 Å². The van der Waals surface area contributed by atoms with Gasteiger partial charge in [0.2, 0.25) is 0 Å². The van der Waals surface area contributed by atoms with Gasteiger partial charge in [0.25, 0.3) is 0 Å². The predicted molar refractivity (Wildman–Crippen MR) is 68.8 cm³/mol. The number of nitrogens with zero attached hydrogens (tertiary/aromatic N) is 1. The summed E-state index contributed by atoms with van der Waals surface area (Å²) in [5.74, 6) is 0. The zero-order chi connectivity index (χ0) is 12.8. The van der Waals surface area contributed by atoms with Gasteiger partial charge in [-0.05, 0) is 24.6 Å². The molecule has 0 fully saturated rings. The average molecular weight is 233 g/mol. The van der Waals surface area contributed by atoms with Crippen LogP contribution in [0, 0.1) is 0 Å². The van der Waals surface area contributed by atoms with E-state index in [9.17, 15) is 10.2 Å². The Bertz CT molecular complexity index is 475. The number of aliphatic hydroxyl groups is 2. The van der Waals surface area contributed by atoms with E-state index < -0.39 is 6.29 Å². The first-order valence-corrected chi connectivity index (χ1v) is 5.80. The van der Waals surface area contributed by atoms with Crippen LogP contribution in [-0.4, -0.2) is 17.3 Å². The predicted octanol–water partition coefficient (Wildman–Crippen LogP) is 2.30. The molecular weight excluding hydrogens is 214 g/mol. The average Bonchev–Trinajstić information content (AvgIpc) is 2.46. The van der Waals surface area contributed by atoms with Crippen molar-refractivity contribution < 1.29 is 10.2 Å². The van der Waals surface area contributed by atoms with Crippen molar-refractivity contribution in [1.29, 1.82) is 0 Å². The molecule has 0 spiro atoms. The van der Waals surface area contributed by atoms with Crippen LogP contribution >= 0.6 is 0 Å². The topological polar surface area (TPSA) is 43.7 Å². The summed E-state index contributed by atoms with van der Waals surface area (Å²) in [7, 11) is 2.04. The highest BCUT2D eigenvalue weighted by Crippen LogP contribution is 2.47. The smallest absolute Gasteiger partial charge is 0.178 e. The normalized spacial score (nSPS) is 20.2. The maximum Gasteiger partial charge on any atom is 0.178 e. The van der Waals surface area contributed by atoms with Crippen LogP contribution in [-0.2, 0) is 5.41 Å². The molecule has 1 aromatic carbocycles. The van der Waals surface area contributed by atoms with Gasteiger partial charge in [0, 0.05) is 29.4 Å². The van der Waals surface area contributed by atoms with Crippen molar-refractivity contribution in [2.45, 2.75) is 32.5 Å². The van der Waals surface area contributed by atoms with Crippen molar-refractivity contribution in [2.24, 2.45) is 0 Å². The summed E-state index contributed by atoms with van der Waals surface area (Å²) in [6.07, 6.45) is 0.700. The molecule has 1 heterocycles. The number of hydrogen-bond donors (Lipinski definition) is 2. The third-order valence-corrected chi connectivity index (χ3v) is 3.63. The molecule has 0 radical (unpaired) electrons. The molecular formula is C14H19NO2. The molecule has 1 aliphatic rings. The monoisotopic (exact) mass is 233 g/mol. The van der Waals surface area contributed by atoms with Gasteiger partial charge in [-0.25, -0.2) is 0 Å². The minimum atomic E-state index is -1.41. The summed E-state index contributed by atoms with van der Waals surface area (Å²) in [6, 6.07) is 5.59. The highest BCUT2D eigenvalue weighted by molar-refractivity contribution is 5.70. The summed E-state index contributed by atoms with van der Waals surface area (Å²) in [5.41, 5.74) is 3.95. The molecule has 1 aromatic rings. The maximum atomic E-state index is 9.24. The van der Waals surface area contributed by atoms with Crippen LogP contribution < -0.4 is 4.90 Å². The van der Waals surface area contributed by atoms with E-state index in [1.807, 2.05) is 26.1 Å². The quantitative estimate of drug-likeness (QED) is 0.731. The Hall–Kier alpha value is -1.32. The van der Waals surface area contributed by atoms with Crippen LogP contribution in [0.3, 0.4) is 0 Å². The summed E-state index contributed by atoms with van der Waals surface area (Å²) in [5, 5.41) is 18.5. The fourth-order valence-electron chi connectivity index (χ4n) is 2.75. The van der Waals surface area contributed by atoms with Crippen LogP contribution in [0.5, 0.6) is 0 Å². The van der Waals surface area contributed by atoms with Crippen molar-refractivity contribution in [1.82, 2.24) is 0 Å². The Morgan fingerprint density at radius 2 is 1.94 bits per heavy atom. The van der Waals surface area contributed by atoms with Crippen molar-refractivity contribution in [3.05, 3.63) is 41.1 Å². The number of aliphatic hydroxyl groups excluding tert-OH is 1. The van der Waals surface area contributed by atoms with Crippen LogP contribution in [0.2, 0.25) is 0 Å². The summed E-state index contributed by atoms with van der Waals surface area (Å²) < 4.78 is 0. The number of rotatable bonds is 1. The molecule has 3 heteroatoms. The molecule has 0 amide bonds. The first kappa shape index (κ1) is 12.1. The molecule has 0 aromatic heterocycles. The van der Waals surface area contributed by atoms with E-state index in [4.69, 9.17) is 0 Å². The molecule has 17 heavy (non-hydrogen) atoms. The van der Waals surface area contributed by atoms with E-state index in [-0.39, 0.29) is 5.41 Å². The number of likely N-dealkylation sites (N-methyl/N-ethyl adjacent to an activating group) is 1. The second-order valence-corrected chi connectivity index (χ2v) is 5.01. The molecule has 0 atom stereocenters. The number of anilines is 1. The minimum absolute atomic E-state index is 0.0935. The molecule has 0 aliphatic carbocycles. The summed E-state index contributed by atoms with van der Waals surface area (Å²) in [6.45, 7) is 6.33. The van der Waals surface area contributed by atoms with Gasteiger partial charge < -0.3 is 15.1 Å². The SMILES string of the molecule is C/C=C1/N(C)c2ccc(C(O)O)cc2C1(C)C. The minimum Gasteiger partial charge on any atom is -0.364 e. The lowest BCUT2D eigenvalue weighted by atomic mass is 9.83. The molecule has 0 bridgehead atoms. The van der Waals surface area contributed by atoms with E-state index in [1.54, 1.807) is 6.07 Å². The third-order valence-electron chi connectivity index (χ3n) is 3.63. The second kappa shape index (κ2) is 3.86. The van der Waals surface area contributed by atoms with Gasteiger partial charge in [-0.2, -0.15) is 0 Å². The second-order valence-electron chi connectivity index (χ2n) is 5.01. The molecule has 2 N–H and O–H groups in total. The molecule has 0 saturated carbocycles. The summed E-state index contributed by atoms with van der Waals surface area (Å²) >= 11 is 0. The fraction of sp³-hybridized carbons (Fsp3) is 0.429. The molecule has 0 unspecified atom stereocenters. The molecule has 1 aliphatic heterocycles. The van der Waals surface area contributed by atoms with Gasteiger partial charge in [-0.1, -0.05) is 26.0 Å². The van der Waals surface area contributed by atoms with Crippen molar-refractivity contribution in [3.8, 4) is 0 Å². The van der Waals surface area contributed by atoms with Gasteiger partial charge in [0.15, 0.2) is 6.29 Å². The number of fused-ring (bicyclic) bond motifs is 1. The Morgan fingerprint density at radius 3 is 2.47 bits per heavy atom. The first-order valence-electron chi connectivity index (χ1n) is 5.80. The van der Waals surface area contributed by atoms with E-state index in [1.165, 1.54) is 5.70 Å². The number of allylic oxidation sites excluding steroid dienone is 2. The Balaban J connectivity index is 2.62. The highest BCUT2D eigenvalue weighted by Gasteiger charge is 2.38. The molecule has 3 nitrogen and oxygen atoms in total.